The highest BCUT2D eigenvalue weighted by atomic mass is 16.3. The molecule has 0 spiro atoms. The lowest BCUT2D eigenvalue weighted by Crippen LogP contribution is -2.19. The summed E-state index contributed by atoms with van der Waals surface area (Å²) in [6.07, 6.45) is 0. The van der Waals surface area contributed by atoms with Crippen molar-refractivity contribution in [3.05, 3.63) is 168 Å². The molecular formula is C48H30N2O. The van der Waals surface area contributed by atoms with E-state index in [1.165, 1.54) is 76.5 Å². The van der Waals surface area contributed by atoms with Crippen LogP contribution in [0.1, 0.15) is 47.8 Å². The van der Waals surface area contributed by atoms with Crippen LogP contribution in [-0.2, 0) is 5.41 Å². The van der Waals surface area contributed by atoms with E-state index in [1.807, 2.05) is 0 Å². The van der Waals surface area contributed by atoms with Crippen LogP contribution < -0.4 is 0 Å². The molecule has 3 nitrogen and oxygen atoms in total. The lowest BCUT2D eigenvalue weighted by Gasteiger charge is -2.27. The van der Waals surface area contributed by atoms with Gasteiger partial charge in [0.05, 0.1) is 17.1 Å². The van der Waals surface area contributed by atoms with Gasteiger partial charge in [0.2, 0.25) is 0 Å². The maximum Gasteiger partial charge on any atom is 0.141 e. The van der Waals surface area contributed by atoms with E-state index < -0.39 is 0 Å². The van der Waals surface area contributed by atoms with Crippen LogP contribution in [0, 0.1) is 0 Å². The minimum Gasteiger partial charge on any atom is -0.456 e. The summed E-state index contributed by atoms with van der Waals surface area (Å²) in [5, 5.41) is 10.9. The molecule has 1 unspecified atom stereocenters. The Hall–Kier alpha value is -6.32. The highest BCUT2D eigenvalue weighted by molar-refractivity contribution is 6.34. The Morgan fingerprint density at radius 3 is 2.10 bits per heavy atom. The van der Waals surface area contributed by atoms with Gasteiger partial charge in [-0.1, -0.05) is 129 Å². The smallest absolute Gasteiger partial charge is 0.141 e. The topological polar surface area (TPSA) is 38.9 Å². The first-order chi connectivity index (χ1) is 25.1. The Kier molecular flexibility index (Phi) is 5.10. The third-order valence-electron chi connectivity index (χ3n) is 11.9. The number of aromatic nitrogens is 2. The number of para-hydroxylation sites is 1. The van der Waals surface area contributed by atoms with Crippen molar-refractivity contribution in [2.24, 2.45) is 0 Å². The molecular weight excluding hydrogens is 621 g/mol. The predicted octanol–water partition coefficient (Wildman–Crippen LogP) is 12.5. The molecule has 0 saturated carbocycles. The summed E-state index contributed by atoms with van der Waals surface area (Å²) in [7, 11) is 0. The zero-order valence-electron chi connectivity index (χ0n) is 28.2. The number of rotatable bonds is 2. The molecule has 0 saturated heterocycles. The number of hydrogen-bond donors (Lipinski definition) is 0. The van der Waals surface area contributed by atoms with Gasteiger partial charge in [0.25, 0.3) is 0 Å². The van der Waals surface area contributed by atoms with E-state index in [2.05, 4.69) is 153 Å². The zero-order chi connectivity index (χ0) is 33.6. The summed E-state index contributed by atoms with van der Waals surface area (Å²) in [4.78, 5) is 11.1. The highest BCUT2D eigenvalue weighted by Gasteiger charge is 2.44. The van der Waals surface area contributed by atoms with E-state index >= 15 is 0 Å². The SMILES string of the molecule is CC1(C)c2ccccc2-c2cc3c4ccccc4c4cccc5oc6ccc7c(c3c(c21)C7c1nc(-c2ccccc2)c2ccccc2n1)c6c54. The van der Waals surface area contributed by atoms with Crippen molar-refractivity contribution in [2.45, 2.75) is 25.2 Å². The van der Waals surface area contributed by atoms with Gasteiger partial charge in [-0.2, -0.15) is 0 Å². The molecule has 3 heteroatoms. The van der Waals surface area contributed by atoms with Gasteiger partial charge in [0.15, 0.2) is 0 Å². The summed E-state index contributed by atoms with van der Waals surface area (Å²) in [6.45, 7) is 4.80. The van der Waals surface area contributed by atoms with E-state index in [0.29, 0.717) is 0 Å². The third-order valence-corrected chi connectivity index (χ3v) is 11.9. The molecule has 0 N–H and O–H groups in total. The fourth-order valence-corrected chi connectivity index (χ4v) is 9.83. The predicted molar refractivity (Wildman–Crippen MR) is 210 cm³/mol. The maximum atomic E-state index is 6.70. The molecule has 8 aromatic carbocycles. The minimum absolute atomic E-state index is 0.184. The second-order valence-electron chi connectivity index (χ2n) is 14.8. The van der Waals surface area contributed by atoms with Crippen LogP contribution in [0.5, 0.6) is 0 Å². The van der Waals surface area contributed by atoms with Crippen molar-refractivity contribution in [3.63, 3.8) is 0 Å². The molecule has 2 aromatic heterocycles. The molecule has 2 aliphatic rings. The van der Waals surface area contributed by atoms with Gasteiger partial charge in [-0.15, -0.1) is 0 Å². The molecule has 0 aliphatic heterocycles. The number of benzene rings is 7. The molecule has 2 heterocycles. The summed E-state index contributed by atoms with van der Waals surface area (Å²) < 4.78 is 6.70. The average molecular weight is 651 g/mol. The third kappa shape index (κ3) is 3.39. The summed E-state index contributed by atoms with van der Waals surface area (Å²) >= 11 is 0. The first kappa shape index (κ1) is 27.5. The van der Waals surface area contributed by atoms with Crippen molar-refractivity contribution in [1.82, 2.24) is 9.97 Å². The lowest BCUT2D eigenvalue weighted by molar-refractivity contribution is 0.649. The second kappa shape index (κ2) is 9.47. The fourth-order valence-electron chi connectivity index (χ4n) is 9.83. The van der Waals surface area contributed by atoms with Gasteiger partial charge in [-0.3, -0.25) is 0 Å². The second-order valence-corrected chi connectivity index (χ2v) is 14.8. The van der Waals surface area contributed by atoms with Crippen LogP contribution >= 0.6 is 0 Å². The minimum atomic E-state index is -0.236. The van der Waals surface area contributed by atoms with Crippen molar-refractivity contribution in [3.8, 4) is 22.4 Å². The van der Waals surface area contributed by atoms with E-state index in [4.69, 9.17) is 14.4 Å². The van der Waals surface area contributed by atoms with Gasteiger partial charge >= 0.3 is 0 Å². The van der Waals surface area contributed by atoms with Crippen LogP contribution in [0.3, 0.4) is 0 Å². The molecule has 0 bridgehead atoms. The van der Waals surface area contributed by atoms with Crippen LogP contribution in [0.15, 0.2) is 144 Å². The first-order valence-corrected chi connectivity index (χ1v) is 17.8. The van der Waals surface area contributed by atoms with E-state index in [-0.39, 0.29) is 11.3 Å². The van der Waals surface area contributed by atoms with Crippen molar-refractivity contribution < 1.29 is 4.42 Å². The van der Waals surface area contributed by atoms with Gasteiger partial charge < -0.3 is 4.42 Å². The van der Waals surface area contributed by atoms with Crippen molar-refractivity contribution >= 4 is 65.2 Å². The molecule has 1 atom stereocenters. The Bertz CT molecular complexity index is 3170. The quantitative estimate of drug-likeness (QED) is 0.187. The number of furan rings is 1. The van der Waals surface area contributed by atoms with E-state index in [1.54, 1.807) is 0 Å². The van der Waals surface area contributed by atoms with Gasteiger partial charge in [-0.05, 0) is 90.0 Å². The first-order valence-electron chi connectivity index (χ1n) is 17.8. The molecule has 51 heavy (non-hydrogen) atoms. The van der Waals surface area contributed by atoms with E-state index in [0.717, 1.165) is 39.2 Å². The highest BCUT2D eigenvalue weighted by Crippen LogP contribution is 2.60. The fraction of sp³-hybridized carbons (Fsp3) is 0.0833. The summed E-state index contributed by atoms with van der Waals surface area (Å²) in [5.74, 6) is 0.648. The number of nitrogens with zero attached hydrogens (tertiary/aromatic N) is 2. The number of fused-ring (bicyclic) bond motifs is 8. The molecule has 0 radical (unpaired) electrons. The largest absolute Gasteiger partial charge is 0.456 e. The monoisotopic (exact) mass is 650 g/mol. The lowest BCUT2D eigenvalue weighted by atomic mass is 9.76. The zero-order valence-corrected chi connectivity index (χ0v) is 28.2. The van der Waals surface area contributed by atoms with Gasteiger partial charge in [0.1, 0.15) is 17.0 Å². The van der Waals surface area contributed by atoms with Crippen LogP contribution in [-0.4, -0.2) is 9.97 Å². The van der Waals surface area contributed by atoms with Gasteiger partial charge in [-0.25, -0.2) is 9.97 Å². The van der Waals surface area contributed by atoms with Crippen LogP contribution in [0.4, 0.5) is 0 Å². The molecule has 0 fully saturated rings. The normalized spacial score (nSPS) is 15.6. The molecule has 2 aliphatic carbocycles. The summed E-state index contributed by atoms with van der Waals surface area (Å²) in [6, 6.07) is 50.4. The molecule has 0 amide bonds. The molecule has 238 valence electrons. The maximum absolute atomic E-state index is 6.70. The molecule has 12 rings (SSSR count). The van der Waals surface area contributed by atoms with Crippen molar-refractivity contribution in [2.75, 3.05) is 0 Å². The Morgan fingerprint density at radius 2 is 1.24 bits per heavy atom. The average Bonchev–Trinajstić information content (AvgIpc) is 3.79. The van der Waals surface area contributed by atoms with Crippen LogP contribution in [0.2, 0.25) is 0 Å². The van der Waals surface area contributed by atoms with Crippen LogP contribution in [0.25, 0.3) is 87.5 Å². The van der Waals surface area contributed by atoms with Gasteiger partial charge in [0, 0.05) is 27.1 Å². The standard InChI is InChI=1S/C48H30N2O/c1-48(2)35-20-10-8-17-29(35)34-25-33-28-16-7-6-15-27(28)30-19-12-22-37-39(30)43-38(51-37)24-23-32-40(43)41(33)44(45(34)48)42(32)47-49-36-21-11-9-18-31(36)46(50-47)26-13-4-3-5-14-26/h3-25,42H,1-2H3. The number of hydrogen-bond acceptors (Lipinski definition) is 3. The Labute approximate surface area is 293 Å². The summed E-state index contributed by atoms with van der Waals surface area (Å²) in [5.41, 5.74) is 12.5. The van der Waals surface area contributed by atoms with E-state index in [9.17, 15) is 0 Å². The van der Waals surface area contributed by atoms with Crippen molar-refractivity contribution in [1.29, 1.82) is 0 Å². The molecule has 10 aromatic rings. The Morgan fingerprint density at radius 1 is 0.529 bits per heavy atom. The Balaban J connectivity index is 1.35.